The van der Waals surface area contributed by atoms with E-state index in [-0.39, 0.29) is 25.0 Å². The standard InChI is InChI=1S/C31H29N5O4/c1-39-27-8-7-23-18-28(27)40-20-29(37)34-19-21-15-24(17-25(16-21)36-14-11-32-30(23)36)31(38)33-10-4-12-35-13-9-22-5-2-3-6-26(22)35/h2-3,5-9,11,13-18H,4,10,12,19-20H2,1H3,(H,33,38)(H,34,37). The summed E-state index contributed by atoms with van der Waals surface area (Å²) >= 11 is 0. The van der Waals surface area contributed by atoms with E-state index in [1.165, 1.54) is 10.9 Å². The number of aromatic nitrogens is 3. The summed E-state index contributed by atoms with van der Waals surface area (Å²) in [6.45, 7) is 1.41. The van der Waals surface area contributed by atoms with Crippen LogP contribution in [0.3, 0.4) is 0 Å². The number of hydrogen-bond donors (Lipinski definition) is 2. The van der Waals surface area contributed by atoms with Gasteiger partial charge in [-0.3, -0.25) is 14.2 Å². The fourth-order valence-electron chi connectivity index (χ4n) is 4.98. The van der Waals surface area contributed by atoms with Crippen molar-refractivity contribution in [1.82, 2.24) is 24.8 Å². The molecule has 0 aliphatic carbocycles. The van der Waals surface area contributed by atoms with Crippen LogP contribution >= 0.6 is 0 Å². The number of carbonyl (C=O) groups excluding carboxylic acids is 2. The smallest absolute Gasteiger partial charge is 0.258 e. The molecule has 9 heteroatoms. The summed E-state index contributed by atoms with van der Waals surface area (Å²) in [5.41, 5.74) is 4.03. The van der Waals surface area contributed by atoms with Gasteiger partial charge in [0.05, 0.1) is 7.11 Å². The number of para-hydroxylation sites is 1. The van der Waals surface area contributed by atoms with Crippen LogP contribution in [0.2, 0.25) is 0 Å². The minimum atomic E-state index is -0.279. The molecule has 0 spiro atoms. The number of amides is 2. The van der Waals surface area contributed by atoms with Crippen LogP contribution in [0.4, 0.5) is 0 Å². The Kier molecular flexibility index (Phi) is 6.93. The highest BCUT2D eigenvalue weighted by Crippen LogP contribution is 2.33. The summed E-state index contributed by atoms with van der Waals surface area (Å²) in [6, 6.07) is 21.4. The van der Waals surface area contributed by atoms with Crippen molar-refractivity contribution in [2.45, 2.75) is 19.5 Å². The topological polar surface area (TPSA) is 99.4 Å². The van der Waals surface area contributed by atoms with Gasteiger partial charge < -0.3 is 24.7 Å². The molecule has 202 valence electrons. The molecule has 0 saturated heterocycles. The minimum absolute atomic E-state index is 0.169. The predicted molar refractivity (Wildman–Crippen MR) is 152 cm³/mol. The van der Waals surface area contributed by atoms with E-state index in [0.29, 0.717) is 29.4 Å². The Morgan fingerprint density at radius 2 is 2.00 bits per heavy atom. The number of aryl methyl sites for hydroxylation is 1. The molecule has 6 rings (SSSR count). The number of nitrogens with one attached hydrogen (secondary N) is 2. The quantitative estimate of drug-likeness (QED) is 0.316. The molecular formula is C31H29N5O4. The van der Waals surface area contributed by atoms with Gasteiger partial charge in [-0.15, -0.1) is 0 Å². The second-order valence-electron chi connectivity index (χ2n) is 9.62. The van der Waals surface area contributed by atoms with E-state index in [1.54, 1.807) is 31.5 Å². The molecule has 4 bridgehead atoms. The van der Waals surface area contributed by atoms with Crippen molar-refractivity contribution >= 4 is 22.7 Å². The largest absolute Gasteiger partial charge is 0.493 e. The Labute approximate surface area is 231 Å². The fraction of sp³-hybridized carbons (Fsp3) is 0.194. The average Bonchev–Trinajstić information content (AvgIpc) is 3.64. The first-order valence-electron chi connectivity index (χ1n) is 13.2. The molecule has 5 aromatic rings. The van der Waals surface area contributed by atoms with Gasteiger partial charge in [-0.25, -0.2) is 4.98 Å². The summed E-state index contributed by atoms with van der Waals surface area (Å²) in [6.07, 6.45) is 6.43. The van der Waals surface area contributed by atoms with Crippen LogP contribution < -0.4 is 20.1 Å². The fourth-order valence-corrected chi connectivity index (χ4v) is 4.98. The number of fused-ring (bicyclic) bond motifs is 8. The Morgan fingerprint density at radius 3 is 2.90 bits per heavy atom. The molecule has 40 heavy (non-hydrogen) atoms. The van der Waals surface area contributed by atoms with Gasteiger partial charge in [0, 0.05) is 60.6 Å². The van der Waals surface area contributed by atoms with E-state index in [0.717, 1.165) is 29.8 Å². The lowest BCUT2D eigenvalue weighted by atomic mass is 10.1. The van der Waals surface area contributed by atoms with E-state index in [1.807, 2.05) is 41.1 Å². The van der Waals surface area contributed by atoms with Crippen LogP contribution in [0, 0.1) is 0 Å². The maximum atomic E-state index is 13.3. The monoisotopic (exact) mass is 535 g/mol. The number of imidazole rings is 1. The lowest BCUT2D eigenvalue weighted by Gasteiger charge is -2.14. The average molecular weight is 536 g/mol. The number of benzene rings is 3. The zero-order valence-electron chi connectivity index (χ0n) is 22.1. The predicted octanol–water partition coefficient (Wildman–Crippen LogP) is 4.33. The van der Waals surface area contributed by atoms with Crippen LogP contribution in [0.25, 0.3) is 28.0 Å². The highest BCUT2D eigenvalue weighted by atomic mass is 16.5. The molecule has 3 aromatic carbocycles. The molecule has 9 nitrogen and oxygen atoms in total. The lowest BCUT2D eigenvalue weighted by molar-refractivity contribution is -0.123. The van der Waals surface area contributed by atoms with Crippen molar-refractivity contribution in [1.29, 1.82) is 0 Å². The zero-order chi connectivity index (χ0) is 27.5. The molecular weight excluding hydrogens is 506 g/mol. The lowest BCUT2D eigenvalue weighted by Crippen LogP contribution is -2.29. The number of rotatable bonds is 6. The Hall–Kier alpha value is -5.05. The van der Waals surface area contributed by atoms with Gasteiger partial charge in [0.15, 0.2) is 18.1 Å². The van der Waals surface area contributed by atoms with Gasteiger partial charge in [-0.05, 0) is 65.9 Å². The van der Waals surface area contributed by atoms with Gasteiger partial charge in [-0.2, -0.15) is 0 Å². The van der Waals surface area contributed by atoms with Gasteiger partial charge in [0.2, 0.25) is 0 Å². The number of methoxy groups -OCH3 is 1. The number of ether oxygens (including phenoxy) is 2. The molecule has 1 aliphatic heterocycles. The third-order valence-corrected chi connectivity index (χ3v) is 6.97. The van der Waals surface area contributed by atoms with Crippen LogP contribution in [0.5, 0.6) is 11.5 Å². The molecule has 1 aliphatic rings. The molecule has 2 aromatic heterocycles. The zero-order valence-corrected chi connectivity index (χ0v) is 22.1. The second kappa shape index (κ2) is 11.0. The second-order valence-corrected chi connectivity index (χ2v) is 9.62. The first kappa shape index (κ1) is 25.2. The molecule has 0 atom stereocenters. The van der Waals surface area contributed by atoms with E-state index < -0.39 is 0 Å². The van der Waals surface area contributed by atoms with Crippen LogP contribution in [-0.4, -0.2) is 46.2 Å². The molecule has 0 fully saturated rings. The SMILES string of the molecule is COc1ccc2cc1OCC(=O)NCc1cc(C(=O)NCCCn3ccc4ccccc43)cc(c1)-n1ccnc1-2. The maximum absolute atomic E-state index is 13.3. The van der Waals surface area contributed by atoms with E-state index in [2.05, 4.69) is 44.6 Å². The van der Waals surface area contributed by atoms with Crippen molar-refractivity contribution in [2.24, 2.45) is 0 Å². The van der Waals surface area contributed by atoms with Crippen molar-refractivity contribution < 1.29 is 19.1 Å². The van der Waals surface area contributed by atoms with Crippen molar-refractivity contribution in [2.75, 3.05) is 20.3 Å². The normalized spacial score (nSPS) is 12.8. The summed E-state index contributed by atoms with van der Waals surface area (Å²) in [5.74, 6) is 1.19. The third-order valence-electron chi connectivity index (χ3n) is 6.97. The van der Waals surface area contributed by atoms with Gasteiger partial charge in [0.25, 0.3) is 11.8 Å². The minimum Gasteiger partial charge on any atom is -0.493 e. The summed E-state index contributed by atoms with van der Waals surface area (Å²) < 4.78 is 15.3. The molecule has 2 N–H and O–H groups in total. The van der Waals surface area contributed by atoms with Gasteiger partial charge in [-0.1, -0.05) is 18.2 Å². The van der Waals surface area contributed by atoms with Crippen LogP contribution in [-0.2, 0) is 17.9 Å². The van der Waals surface area contributed by atoms with Crippen LogP contribution in [0.1, 0.15) is 22.3 Å². The van der Waals surface area contributed by atoms with Gasteiger partial charge >= 0.3 is 0 Å². The first-order chi connectivity index (χ1) is 19.6. The van der Waals surface area contributed by atoms with Crippen molar-refractivity contribution in [3.63, 3.8) is 0 Å². The third kappa shape index (κ3) is 5.13. The summed E-state index contributed by atoms with van der Waals surface area (Å²) in [5, 5.41) is 7.13. The molecule has 0 unspecified atom stereocenters. The number of carbonyl (C=O) groups is 2. The highest BCUT2D eigenvalue weighted by Gasteiger charge is 2.17. The van der Waals surface area contributed by atoms with Crippen LogP contribution in [0.15, 0.2) is 85.3 Å². The first-order valence-corrected chi connectivity index (χ1v) is 13.2. The summed E-state index contributed by atoms with van der Waals surface area (Å²) in [7, 11) is 1.55. The highest BCUT2D eigenvalue weighted by molar-refractivity contribution is 5.95. The maximum Gasteiger partial charge on any atom is 0.258 e. The van der Waals surface area contributed by atoms with Crippen molar-refractivity contribution in [3.05, 3.63) is 96.4 Å². The molecule has 0 radical (unpaired) electrons. The Bertz CT molecular complexity index is 1700. The number of nitrogens with zero attached hydrogens (tertiary/aromatic N) is 3. The van der Waals surface area contributed by atoms with E-state index in [4.69, 9.17) is 9.47 Å². The molecule has 3 heterocycles. The molecule has 2 amide bonds. The number of hydrogen-bond acceptors (Lipinski definition) is 5. The summed E-state index contributed by atoms with van der Waals surface area (Å²) in [4.78, 5) is 30.4. The van der Waals surface area contributed by atoms with E-state index in [9.17, 15) is 9.59 Å². The van der Waals surface area contributed by atoms with E-state index >= 15 is 0 Å². The molecule has 0 saturated carbocycles. The Morgan fingerprint density at radius 1 is 1.10 bits per heavy atom. The van der Waals surface area contributed by atoms with Crippen molar-refractivity contribution in [3.8, 4) is 28.6 Å². The Balaban J connectivity index is 1.25. The van der Waals surface area contributed by atoms with Gasteiger partial charge in [0.1, 0.15) is 5.82 Å².